The maximum atomic E-state index is 12.3. The summed E-state index contributed by atoms with van der Waals surface area (Å²) in [4.78, 5) is 12.3. The summed E-state index contributed by atoms with van der Waals surface area (Å²) >= 11 is 0. The van der Waals surface area contributed by atoms with E-state index in [0.717, 1.165) is 24.2 Å². The monoisotopic (exact) mass is 329 g/mol. The third-order valence-corrected chi connectivity index (χ3v) is 4.06. The summed E-state index contributed by atoms with van der Waals surface area (Å²) in [6, 6.07) is 9.60. The van der Waals surface area contributed by atoms with E-state index in [-0.39, 0.29) is 12.1 Å². The van der Waals surface area contributed by atoms with Crippen molar-refractivity contribution in [2.24, 2.45) is 0 Å². The van der Waals surface area contributed by atoms with Crippen LogP contribution in [0.5, 0.6) is 0 Å². The summed E-state index contributed by atoms with van der Waals surface area (Å²) in [5.74, 6) is 1.18. The highest BCUT2D eigenvalue weighted by atomic mass is 16.5. The second kappa shape index (κ2) is 7.49. The molecule has 0 saturated heterocycles. The molecule has 1 aliphatic carbocycles. The average molecular weight is 329 g/mol. The number of amides is 2. The number of ether oxygens (including phenoxy) is 1. The summed E-state index contributed by atoms with van der Waals surface area (Å²) in [6.45, 7) is 4.75. The number of aryl methyl sites for hydroxylation is 1. The van der Waals surface area contributed by atoms with Crippen LogP contribution in [0.1, 0.15) is 48.8 Å². The molecule has 1 aromatic heterocycles. The van der Waals surface area contributed by atoms with E-state index in [9.17, 15) is 4.79 Å². The molecule has 24 heavy (non-hydrogen) atoms. The second-order valence-electron chi connectivity index (χ2n) is 5.97. The number of urea groups is 1. The molecule has 2 aromatic rings. The zero-order chi connectivity index (χ0) is 16.9. The highest BCUT2D eigenvalue weighted by Crippen LogP contribution is 2.44. The fourth-order valence-electron chi connectivity index (χ4n) is 2.65. The maximum Gasteiger partial charge on any atom is 0.319 e. The van der Waals surface area contributed by atoms with Crippen molar-refractivity contribution in [3.05, 3.63) is 47.3 Å². The number of carbonyl (C=O) groups excluding carboxylic acids is 1. The van der Waals surface area contributed by atoms with E-state index in [4.69, 9.17) is 9.26 Å². The van der Waals surface area contributed by atoms with Gasteiger partial charge in [0.25, 0.3) is 0 Å². The molecule has 0 bridgehead atoms. The molecule has 3 rings (SSSR count). The number of rotatable bonds is 7. The molecule has 2 amide bonds. The molecule has 0 aliphatic heterocycles. The first-order valence-electron chi connectivity index (χ1n) is 8.36. The topological polar surface area (TPSA) is 76.4 Å². The van der Waals surface area contributed by atoms with E-state index < -0.39 is 0 Å². The number of anilines is 1. The van der Waals surface area contributed by atoms with Gasteiger partial charge in [0, 0.05) is 19.1 Å². The van der Waals surface area contributed by atoms with Gasteiger partial charge in [0.05, 0.1) is 6.10 Å². The summed E-state index contributed by atoms with van der Waals surface area (Å²) in [7, 11) is 0. The average Bonchev–Trinajstić information content (AvgIpc) is 3.38. The van der Waals surface area contributed by atoms with Crippen LogP contribution in [0.4, 0.5) is 10.5 Å². The smallest absolute Gasteiger partial charge is 0.319 e. The molecule has 6 nitrogen and oxygen atoms in total. The lowest BCUT2D eigenvalue weighted by molar-refractivity contribution is 0.0643. The number of nitrogens with one attached hydrogen (secondary N) is 2. The number of carbonyl (C=O) groups is 1. The molecule has 1 aliphatic rings. The molecule has 1 atom stereocenters. The third kappa shape index (κ3) is 3.94. The largest absolute Gasteiger partial charge is 0.372 e. The van der Waals surface area contributed by atoms with Crippen molar-refractivity contribution < 1.29 is 14.1 Å². The molecule has 2 N–H and O–H groups in total. The van der Waals surface area contributed by atoms with E-state index in [1.54, 1.807) is 0 Å². The Bertz CT molecular complexity index is 680. The molecular formula is C18H23N3O3. The van der Waals surface area contributed by atoms with Crippen LogP contribution >= 0.6 is 0 Å². The summed E-state index contributed by atoms with van der Waals surface area (Å²) in [5, 5.41) is 9.70. The molecule has 0 radical (unpaired) electrons. The SMILES string of the molecule is CCO[C@@H](CNC(=O)Nc1c(C)noc1C1CC1)c1ccccc1. The van der Waals surface area contributed by atoms with Gasteiger partial charge in [-0.25, -0.2) is 4.79 Å². The van der Waals surface area contributed by atoms with Gasteiger partial charge in [-0.05, 0) is 32.3 Å². The van der Waals surface area contributed by atoms with Crippen molar-refractivity contribution in [2.75, 3.05) is 18.5 Å². The van der Waals surface area contributed by atoms with Gasteiger partial charge in [0.1, 0.15) is 11.4 Å². The summed E-state index contributed by atoms with van der Waals surface area (Å²) < 4.78 is 11.1. The lowest BCUT2D eigenvalue weighted by Crippen LogP contribution is -2.33. The highest BCUT2D eigenvalue weighted by molar-refractivity contribution is 5.90. The maximum absolute atomic E-state index is 12.3. The fourth-order valence-corrected chi connectivity index (χ4v) is 2.65. The van der Waals surface area contributed by atoms with E-state index in [2.05, 4.69) is 15.8 Å². The minimum Gasteiger partial charge on any atom is -0.372 e. The number of hydrogen-bond acceptors (Lipinski definition) is 4. The lowest BCUT2D eigenvalue weighted by atomic mass is 10.1. The van der Waals surface area contributed by atoms with Crippen molar-refractivity contribution in [3.63, 3.8) is 0 Å². The zero-order valence-corrected chi connectivity index (χ0v) is 14.0. The molecule has 0 spiro atoms. The number of hydrogen-bond donors (Lipinski definition) is 2. The van der Waals surface area contributed by atoms with Crippen molar-refractivity contribution >= 4 is 11.7 Å². The van der Waals surface area contributed by atoms with Crippen molar-refractivity contribution in [1.29, 1.82) is 0 Å². The van der Waals surface area contributed by atoms with Crippen molar-refractivity contribution in [1.82, 2.24) is 10.5 Å². The molecule has 1 saturated carbocycles. The Balaban J connectivity index is 1.59. The van der Waals surface area contributed by atoms with Crippen LogP contribution in [0.2, 0.25) is 0 Å². The van der Waals surface area contributed by atoms with E-state index in [1.807, 2.05) is 44.2 Å². The Morgan fingerprint density at radius 1 is 1.38 bits per heavy atom. The molecule has 1 fully saturated rings. The predicted octanol–water partition coefficient (Wildman–Crippen LogP) is 3.76. The van der Waals surface area contributed by atoms with Crippen LogP contribution in [-0.2, 0) is 4.74 Å². The first-order valence-corrected chi connectivity index (χ1v) is 8.36. The first kappa shape index (κ1) is 16.5. The van der Waals surface area contributed by atoms with Gasteiger partial charge in [-0.2, -0.15) is 0 Å². The number of nitrogens with zero attached hydrogens (tertiary/aromatic N) is 1. The number of aromatic nitrogens is 1. The summed E-state index contributed by atoms with van der Waals surface area (Å²) in [6.07, 6.45) is 2.00. The minimum atomic E-state index is -0.274. The van der Waals surface area contributed by atoms with Crippen LogP contribution in [0.3, 0.4) is 0 Å². The Labute approximate surface area is 141 Å². The van der Waals surface area contributed by atoms with Gasteiger partial charge >= 0.3 is 6.03 Å². The van der Waals surface area contributed by atoms with Gasteiger partial charge in [0.15, 0.2) is 5.76 Å². The first-order chi connectivity index (χ1) is 11.7. The molecule has 0 unspecified atom stereocenters. The van der Waals surface area contributed by atoms with Gasteiger partial charge in [-0.15, -0.1) is 0 Å². The van der Waals surface area contributed by atoms with E-state index >= 15 is 0 Å². The minimum absolute atomic E-state index is 0.173. The Hall–Kier alpha value is -2.34. The zero-order valence-electron chi connectivity index (χ0n) is 14.0. The fraction of sp³-hybridized carbons (Fsp3) is 0.444. The second-order valence-corrected chi connectivity index (χ2v) is 5.97. The quantitative estimate of drug-likeness (QED) is 0.811. The van der Waals surface area contributed by atoms with Crippen LogP contribution in [0.15, 0.2) is 34.9 Å². The van der Waals surface area contributed by atoms with Crippen LogP contribution in [0, 0.1) is 6.92 Å². The summed E-state index contributed by atoms with van der Waals surface area (Å²) in [5.41, 5.74) is 2.44. The molecule has 1 heterocycles. The van der Waals surface area contributed by atoms with Crippen LogP contribution in [0.25, 0.3) is 0 Å². The van der Waals surface area contributed by atoms with Crippen molar-refractivity contribution in [3.8, 4) is 0 Å². The molecule has 128 valence electrons. The highest BCUT2D eigenvalue weighted by Gasteiger charge is 2.32. The Morgan fingerprint density at radius 3 is 2.79 bits per heavy atom. The van der Waals surface area contributed by atoms with E-state index in [1.165, 1.54) is 0 Å². The van der Waals surface area contributed by atoms with Gasteiger partial charge in [0.2, 0.25) is 0 Å². The van der Waals surface area contributed by atoms with Gasteiger partial charge in [-0.1, -0.05) is 35.5 Å². The third-order valence-electron chi connectivity index (χ3n) is 4.06. The Morgan fingerprint density at radius 2 is 2.12 bits per heavy atom. The standard InChI is InChI=1S/C18H23N3O3/c1-3-23-15(13-7-5-4-6-8-13)11-19-18(22)20-16-12(2)21-24-17(16)14-9-10-14/h4-8,14-15H,3,9-11H2,1-2H3,(H2,19,20,22)/t15-/m0/s1. The lowest BCUT2D eigenvalue weighted by Gasteiger charge is -2.18. The van der Waals surface area contributed by atoms with Crippen LogP contribution in [-0.4, -0.2) is 24.3 Å². The molecular weight excluding hydrogens is 306 g/mol. The Kier molecular flexibility index (Phi) is 5.15. The predicted molar refractivity (Wildman–Crippen MR) is 91.0 cm³/mol. The number of benzene rings is 1. The van der Waals surface area contributed by atoms with E-state index in [0.29, 0.717) is 30.5 Å². The van der Waals surface area contributed by atoms with Crippen molar-refractivity contribution in [2.45, 2.75) is 38.7 Å². The van der Waals surface area contributed by atoms with Gasteiger partial charge in [-0.3, -0.25) is 0 Å². The molecule has 1 aromatic carbocycles. The normalized spacial score (nSPS) is 15.1. The van der Waals surface area contributed by atoms with Crippen LogP contribution < -0.4 is 10.6 Å². The molecule has 6 heteroatoms. The van der Waals surface area contributed by atoms with Gasteiger partial charge < -0.3 is 19.9 Å².